The van der Waals surface area contributed by atoms with Gasteiger partial charge in [-0.05, 0) is 48.0 Å². The van der Waals surface area contributed by atoms with Crippen LogP contribution in [-0.4, -0.2) is 56.3 Å². The van der Waals surface area contributed by atoms with Gasteiger partial charge in [0.25, 0.3) is 0 Å². The van der Waals surface area contributed by atoms with E-state index in [1.165, 1.54) is 16.5 Å². The Balaban J connectivity index is 1.25. The molecule has 0 bridgehead atoms. The number of benzene rings is 3. The summed E-state index contributed by atoms with van der Waals surface area (Å²) >= 11 is 0. The third kappa shape index (κ3) is 4.39. The van der Waals surface area contributed by atoms with Gasteiger partial charge < -0.3 is 14.9 Å². The Kier molecular flexibility index (Phi) is 5.68. The molecule has 0 spiro atoms. The topological polar surface area (TPSA) is 30.0 Å². The molecule has 3 aromatic rings. The predicted octanol–water partition coefficient (Wildman–Crippen LogP) is 4.19. The molecule has 0 aliphatic carbocycles. The maximum Gasteiger partial charge on any atom is 0.117 e. The third-order valence-corrected chi connectivity index (χ3v) is 5.71. The largest absolute Gasteiger partial charge is 0.508 e. The van der Waals surface area contributed by atoms with Crippen LogP contribution < -0.4 is 9.80 Å². The van der Waals surface area contributed by atoms with Crippen LogP contribution in [0.4, 0.5) is 11.4 Å². The number of phenolic OH excluding ortho intramolecular Hbond substituents is 1. The molecule has 0 unspecified atom stereocenters. The fourth-order valence-corrected chi connectivity index (χ4v) is 3.99. The molecule has 0 amide bonds. The zero-order valence-electron chi connectivity index (χ0n) is 16.6. The van der Waals surface area contributed by atoms with Crippen LogP contribution in [0.3, 0.4) is 0 Å². The smallest absolute Gasteiger partial charge is 0.117 e. The monoisotopic (exact) mass is 375 g/mol. The highest BCUT2D eigenvalue weighted by molar-refractivity contribution is 5.85. The lowest BCUT2D eigenvalue weighted by Gasteiger charge is -2.36. The Hall–Kier alpha value is -2.72. The van der Waals surface area contributed by atoms with Gasteiger partial charge in [0, 0.05) is 57.2 Å². The minimum Gasteiger partial charge on any atom is -0.508 e. The number of fused-ring (bicyclic) bond motifs is 1. The second-order valence-corrected chi connectivity index (χ2v) is 7.66. The molecule has 1 heterocycles. The molecule has 3 aromatic carbocycles. The highest BCUT2D eigenvalue weighted by Crippen LogP contribution is 2.23. The number of hydrogen-bond acceptors (Lipinski definition) is 4. The Bertz CT molecular complexity index is 918. The lowest BCUT2D eigenvalue weighted by molar-refractivity contribution is 0.256. The summed E-state index contributed by atoms with van der Waals surface area (Å²) in [5.74, 6) is 0.328. The maximum absolute atomic E-state index is 9.63. The highest BCUT2D eigenvalue weighted by atomic mass is 16.3. The van der Waals surface area contributed by atoms with Crippen molar-refractivity contribution in [1.29, 1.82) is 0 Å². The van der Waals surface area contributed by atoms with Crippen molar-refractivity contribution in [3.05, 3.63) is 66.7 Å². The first kappa shape index (κ1) is 18.6. The maximum atomic E-state index is 9.63. The van der Waals surface area contributed by atoms with E-state index in [9.17, 15) is 5.11 Å². The first-order valence-corrected chi connectivity index (χ1v) is 10.2. The summed E-state index contributed by atoms with van der Waals surface area (Å²) in [5.41, 5.74) is 2.41. The van der Waals surface area contributed by atoms with Crippen molar-refractivity contribution >= 4 is 22.1 Å². The molecule has 4 rings (SSSR count). The molecule has 1 N–H and O–H groups in total. The van der Waals surface area contributed by atoms with E-state index in [0.717, 1.165) is 51.4 Å². The molecular weight excluding hydrogens is 346 g/mol. The molecule has 4 heteroatoms. The highest BCUT2D eigenvalue weighted by Gasteiger charge is 2.17. The van der Waals surface area contributed by atoms with Gasteiger partial charge in [-0.2, -0.15) is 0 Å². The molecule has 146 valence electrons. The summed E-state index contributed by atoms with van der Waals surface area (Å²) in [6.07, 6.45) is 1.13. The Morgan fingerprint density at radius 3 is 2.43 bits per heavy atom. The standard InChI is InChI=1S/C24H29N3O/c1-25(22-8-4-9-24(28)19-22)12-5-13-26-14-16-27(17-15-26)23-11-10-20-6-2-3-7-21(20)18-23/h2-4,6-11,18-19,28H,5,12-17H2,1H3. The van der Waals surface area contributed by atoms with Gasteiger partial charge in [-0.15, -0.1) is 0 Å². The fraction of sp³-hybridized carbons (Fsp3) is 0.333. The van der Waals surface area contributed by atoms with Gasteiger partial charge >= 0.3 is 0 Å². The van der Waals surface area contributed by atoms with Crippen LogP contribution in [0.2, 0.25) is 0 Å². The first-order valence-electron chi connectivity index (χ1n) is 10.2. The lowest BCUT2D eigenvalue weighted by Crippen LogP contribution is -2.47. The van der Waals surface area contributed by atoms with Crippen LogP contribution in [0.5, 0.6) is 5.75 Å². The number of anilines is 2. The predicted molar refractivity (Wildman–Crippen MR) is 119 cm³/mol. The van der Waals surface area contributed by atoms with Crippen LogP contribution >= 0.6 is 0 Å². The Morgan fingerprint density at radius 2 is 1.64 bits per heavy atom. The van der Waals surface area contributed by atoms with Gasteiger partial charge in [-0.25, -0.2) is 0 Å². The van der Waals surface area contributed by atoms with E-state index in [1.807, 2.05) is 18.2 Å². The minimum absolute atomic E-state index is 0.328. The van der Waals surface area contributed by atoms with Crippen molar-refractivity contribution in [3.63, 3.8) is 0 Å². The minimum atomic E-state index is 0.328. The van der Waals surface area contributed by atoms with Crippen molar-refractivity contribution in [2.75, 3.05) is 56.1 Å². The summed E-state index contributed by atoms with van der Waals surface area (Å²) in [6.45, 7) is 6.51. The summed E-state index contributed by atoms with van der Waals surface area (Å²) < 4.78 is 0. The molecule has 0 aromatic heterocycles. The van der Waals surface area contributed by atoms with Crippen LogP contribution in [0.15, 0.2) is 66.7 Å². The average Bonchev–Trinajstić information content (AvgIpc) is 2.74. The van der Waals surface area contributed by atoms with Gasteiger partial charge in [0.15, 0.2) is 0 Å². The molecule has 28 heavy (non-hydrogen) atoms. The van der Waals surface area contributed by atoms with Gasteiger partial charge in [0.1, 0.15) is 5.75 Å². The Labute approximate surface area is 167 Å². The summed E-state index contributed by atoms with van der Waals surface area (Å²) in [7, 11) is 2.09. The molecule has 4 nitrogen and oxygen atoms in total. The summed E-state index contributed by atoms with van der Waals surface area (Å²) in [4.78, 5) is 7.28. The lowest BCUT2D eigenvalue weighted by atomic mass is 10.1. The summed E-state index contributed by atoms with van der Waals surface area (Å²) in [5, 5.41) is 12.3. The number of piperazine rings is 1. The van der Waals surface area contributed by atoms with Gasteiger partial charge in [0.05, 0.1) is 0 Å². The van der Waals surface area contributed by atoms with Crippen molar-refractivity contribution < 1.29 is 5.11 Å². The van der Waals surface area contributed by atoms with Crippen LogP contribution in [0.25, 0.3) is 10.8 Å². The number of rotatable bonds is 6. The van der Waals surface area contributed by atoms with Crippen molar-refractivity contribution in [1.82, 2.24) is 4.90 Å². The van der Waals surface area contributed by atoms with Crippen LogP contribution in [0.1, 0.15) is 6.42 Å². The van der Waals surface area contributed by atoms with E-state index < -0.39 is 0 Å². The number of nitrogens with zero attached hydrogens (tertiary/aromatic N) is 3. The van der Waals surface area contributed by atoms with Gasteiger partial charge in [-0.1, -0.05) is 36.4 Å². The molecule has 0 saturated carbocycles. The van der Waals surface area contributed by atoms with E-state index in [4.69, 9.17) is 0 Å². The number of hydrogen-bond donors (Lipinski definition) is 1. The molecule has 1 aliphatic rings. The molecule has 1 aliphatic heterocycles. The van der Waals surface area contributed by atoms with E-state index in [-0.39, 0.29) is 0 Å². The van der Waals surface area contributed by atoms with E-state index >= 15 is 0 Å². The fourth-order valence-electron chi connectivity index (χ4n) is 3.99. The zero-order valence-corrected chi connectivity index (χ0v) is 16.6. The summed E-state index contributed by atoms with van der Waals surface area (Å²) in [6, 6.07) is 22.8. The molecule has 1 fully saturated rings. The second-order valence-electron chi connectivity index (χ2n) is 7.66. The molecule has 0 radical (unpaired) electrons. The average molecular weight is 376 g/mol. The number of phenols is 1. The van der Waals surface area contributed by atoms with E-state index in [1.54, 1.807) is 6.07 Å². The zero-order chi connectivity index (χ0) is 19.3. The first-order chi connectivity index (χ1) is 13.7. The number of aromatic hydroxyl groups is 1. The third-order valence-electron chi connectivity index (χ3n) is 5.71. The second kappa shape index (κ2) is 8.53. The van der Waals surface area contributed by atoms with Crippen LogP contribution in [0, 0.1) is 0 Å². The quantitative estimate of drug-likeness (QED) is 0.700. The van der Waals surface area contributed by atoms with Gasteiger partial charge in [-0.3, -0.25) is 4.90 Å². The SMILES string of the molecule is CN(CCCN1CCN(c2ccc3ccccc3c2)CC1)c1cccc(O)c1. The Morgan fingerprint density at radius 1 is 0.857 bits per heavy atom. The van der Waals surface area contributed by atoms with Gasteiger partial charge in [0.2, 0.25) is 0 Å². The molecule has 0 atom stereocenters. The molecule has 1 saturated heterocycles. The van der Waals surface area contributed by atoms with Crippen LogP contribution in [-0.2, 0) is 0 Å². The van der Waals surface area contributed by atoms with Crippen molar-refractivity contribution in [3.8, 4) is 5.75 Å². The van der Waals surface area contributed by atoms with Crippen molar-refractivity contribution in [2.24, 2.45) is 0 Å². The van der Waals surface area contributed by atoms with E-state index in [2.05, 4.69) is 64.2 Å². The van der Waals surface area contributed by atoms with E-state index in [0.29, 0.717) is 5.75 Å². The normalized spacial score (nSPS) is 15.1. The molecular formula is C24H29N3O. The van der Waals surface area contributed by atoms with Crippen molar-refractivity contribution in [2.45, 2.75) is 6.42 Å².